The van der Waals surface area contributed by atoms with Gasteiger partial charge in [-0.25, -0.2) is 0 Å². The predicted molar refractivity (Wildman–Crippen MR) is 79.6 cm³/mol. The third-order valence-electron chi connectivity index (χ3n) is 2.88. The summed E-state index contributed by atoms with van der Waals surface area (Å²) < 4.78 is 6.66. The summed E-state index contributed by atoms with van der Waals surface area (Å²) in [5.41, 5.74) is 1.06. The van der Waals surface area contributed by atoms with E-state index >= 15 is 0 Å². The highest BCUT2D eigenvalue weighted by molar-refractivity contribution is 5.82. The zero-order valence-electron chi connectivity index (χ0n) is 13.3. The number of aryl methyl sites for hydroxylation is 2. The van der Waals surface area contributed by atoms with Gasteiger partial charge in [-0.2, -0.15) is 5.10 Å². The average Bonchev–Trinajstić information content (AvgIpc) is 2.81. The van der Waals surface area contributed by atoms with Gasteiger partial charge in [0.05, 0.1) is 12.8 Å². The van der Waals surface area contributed by atoms with Crippen molar-refractivity contribution in [2.75, 3.05) is 19.7 Å². The van der Waals surface area contributed by atoms with Crippen LogP contribution < -0.4 is 0 Å². The zero-order valence-corrected chi connectivity index (χ0v) is 13.3. The monoisotopic (exact) mass is 295 g/mol. The van der Waals surface area contributed by atoms with Gasteiger partial charge in [-0.3, -0.25) is 14.3 Å². The van der Waals surface area contributed by atoms with E-state index in [9.17, 15) is 9.59 Å². The molecule has 6 nitrogen and oxygen atoms in total. The number of carbonyl (C=O) groups is 2. The molecule has 0 aliphatic rings. The lowest BCUT2D eigenvalue weighted by Gasteiger charge is -2.23. The molecule has 1 amide bonds. The maximum absolute atomic E-state index is 12.3. The van der Waals surface area contributed by atoms with Crippen molar-refractivity contribution >= 4 is 11.9 Å². The first kappa shape index (κ1) is 17.2. The number of esters is 1. The van der Waals surface area contributed by atoms with Gasteiger partial charge in [-0.1, -0.05) is 13.8 Å². The fourth-order valence-corrected chi connectivity index (χ4v) is 2.02. The van der Waals surface area contributed by atoms with Crippen molar-refractivity contribution in [3.63, 3.8) is 0 Å². The van der Waals surface area contributed by atoms with Crippen LogP contribution >= 0.6 is 0 Å². The van der Waals surface area contributed by atoms with Crippen LogP contribution in [0.4, 0.5) is 0 Å². The molecule has 0 unspecified atom stereocenters. The Morgan fingerprint density at radius 1 is 1.43 bits per heavy atom. The molecule has 6 heteroatoms. The van der Waals surface area contributed by atoms with Crippen molar-refractivity contribution in [1.82, 2.24) is 14.7 Å². The van der Waals surface area contributed by atoms with Gasteiger partial charge in [-0.05, 0) is 25.3 Å². The standard InChI is InChI=1S/C15H25N3O3/c1-5-21-15(20)11-17(9-12(2)3)14(19)6-7-18-10-13(4)8-16-18/h8,10,12H,5-7,9,11H2,1-4H3. The quantitative estimate of drug-likeness (QED) is 0.684. The van der Waals surface area contributed by atoms with Crippen LogP contribution in [-0.2, 0) is 20.9 Å². The molecule has 0 aliphatic heterocycles. The number of carbonyl (C=O) groups excluding carboxylic acids is 2. The fraction of sp³-hybridized carbons (Fsp3) is 0.667. The fourth-order valence-electron chi connectivity index (χ4n) is 2.02. The van der Waals surface area contributed by atoms with E-state index in [4.69, 9.17) is 4.74 Å². The van der Waals surface area contributed by atoms with Gasteiger partial charge in [0, 0.05) is 25.7 Å². The number of aromatic nitrogens is 2. The molecule has 1 rings (SSSR count). The molecule has 0 aromatic carbocycles. The normalized spacial score (nSPS) is 10.7. The molecule has 0 saturated carbocycles. The van der Waals surface area contributed by atoms with Crippen LogP contribution in [0.5, 0.6) is 0 Å². The first-order valence-corrected chi connectivity index (χ1v) is 7.34. The van der Waals surface area contributed by atoms with Crippen LogP contribution in [0, 0.1) is 12.8 Å². The van der Waals surface area contributed by atoms with Gasteiger partial charge in [0.25, 0.3) is 0 Å². The first-order chi connectivity index (χ1) is 9.92. The molecule has 0 spiro atoms. The second-order valence-corrected chi connectivity index (χ2v) is 5.50. The van der Waals surface area contributed by atoms with Gasteiger partial charge >= 0.3 is 5.97 Å². The Morgan fingerprint density at radius 3 is 2.67 bits per heavy atom. The molecule has 0 radical (unpaired) electrons. The van der Waals surface area contributed by atoms with Crippen molar-refractivity contribution in [1.29, 1.82) is 0 Å². The minimum absolute atomic E-state index is 0.0169. The van der Waals surface area contributed by atoms with Crippen LogP contribution in [0.2, 0.25) is 0 Å². The summed E-state index contributed by atoms with van der Waals surface area (Å²) in [7, 11) is 0. The summed E-state index contributed by atoms with van der Waals surface area (Å²) >= 11 is 0. The van der Waals surface area contributed by atoms with Gasteiger partial charge in [0.1, 0.15) is 6.54 Å². The second kappa shape index (κ2) is 8.44. The van der Waals surface area contributed by atoms with E-state index < -0.39 is 0 Å². The second-order valence-electron chi connectivity index (χ2n) is 5.50. The summed E-state index contributed by atoms with van der Waals surface area (Å²) in [4.78, 5) is 25.4. The number of ether oxygens (including phenoxy) is 1. The van der Waals surface area contributed by atoms with Crippen LogP contribution in [0.1, 0.15) is 32.8 Å². The van der Waals surface area contributed by atoms with Crippen molar-refractivity contribution < 1.29 is 14.3 Å². The molecule has 0 N–H and O–H groups in total. The topological polar surface area (TPSA) is 64.4 Å². The summed E-state index contributed by atoms with van der Waals surface area (Å²) in [6.07, 6.45) is 3.98. The third-order valence-corrected chi connectivity index (χ3v) is 2.88. The van der Waals surface area contributed by atoms with Gasteiger partial charge in [0.2, 0.25) is 5.91 Å². The average molecular weight is 295 g/mol. The van der Waals surface area contributed by atoms with E-state index in [-0.39, 0.29) is 18.4 Å². The van der Waals surface area contributed by atoms with Crippen molar-refractivity contribution in [2.45, 2.75) is 40.7 Å². The SMILES string of the molecule is CCOC(=O)CN(CC(C)C)C(=O)CCn1cc(C)cn1. The molecule has 0 fully saturated rings. The smallest absolute Gasteiger partial charge is 0.325 e. The van der Waals surface area contributed by atoms with Crippen LogP contribution in [0.15, 0.2) is 12.4 Å². The molecule has 21 heavy (non-hydrogen) atoms. The predicted octanol–water partition coefficient (Wildman–Crippen LogP) is 1.63. The number of amides is 1. The van der Waals surface area contributed by atoms with E-state index in [2.05, 4.69) is 5.10 Å². The highest BCUT2D eigenvalue weighted by Crippen LogP contribution is 2.04. The minimum Gasteiger partial charge on any atom is -0.465 e. The van der Waals surface area contributed by atoms with Crippen molar-refractivity contribution in [3.8, 4) is 0 Å². The summed E-state index contributed by atoms with van der Waals surface area (Å²) in [6.45, 7) is 9.16. The molecule has 1 aromatic heterocycles. The molecule has 0 saturated heterocycles. The lowest BCUT2D eigenvalue weighted by Crippen LogP contribution is -2.39. The molecule has 1 aromatic rings. The summed E-state index contributed by atoms with van der Waals surface area (Å²) in [5.74, 6) is -0.110. The Hall–Kier alpha value is -1.85. The Bertz CT molecular complexity index is 468. The van der Waals surface area contributed by atoms with Gasteiger partial charge in [-0.15, -0.1) is 0 Å². The largest absolute Gasteiger partial charge is 0.465 e. The molecule has 0 aliphatic carbocycles. The number of nitrogens with zero attached hydrogens (tertiary/aromatic N) is 3. The maximum atomic E-state index is 12.3. The van der Waals surface area contributed by atoms with E-state index in [1.165, 1.54) is 0 Å². The lowest BCUT2D eigenvalue weighted by atomic mass is 10.2. The molecular weight excluding hydrogens is 270 g/mol. The third kappa shape index (κ3) is 6.42. The molecule has 0 atom stereocenters. The molecular formula is C15H25N3O3. The zero-order chi connectivity index (χ0) is 15.8. The Kier molecular flexibility index (Phi) is 6.91. The lowest BCUT2D eigenvalue weighted by molar-refractivity contribution is -0.149. The first-order valence-electron chi connectivity index (χ1n) is 7.34. The maximum Gasteiger partial charge on any atom is 0.325 e. The number of hydrogen-bond acceptors (Lipinski definition) is 4. The van der Waals surface area contributed by atoms with E-state index in [1.54, 1.807) is 22.7 Å². The minimum atomic E-state index is -0.360. The van der Waals surface area contributed by atoms with Gasteiger partial charge in [0.15, 0.2) is 0 Å². The number of rotatable bonds is 8. The van der Waals surface area contributed by atoms with Gasteiger partial charge < -0.3 is 9.64 Å². The van der Waals surface area contributed by atoms with Crippen LogP contribution in [0.25, 0.3) is 0 Å². The number of hydrogen-bond donors (Lipinski definition) is 0. The van der Waals surface area contributed by atoms with Crippen LogP contribution in [-0.4, -0.2) is 46.3 Å². The molecule has 0 bridgehead atoms. The molecule has 118 valence electrons. The van der Waals surface area contributed by atoms with Crippen molar-refractivity contribution in [2.24, 2.45) is 5.92 Å². The van der Waals surface area contributed by atoms with E-state index in [0.717, 1.165) is 5.56 Å². The Morgan fingerprint density at radius 2 is 2.14 bits per heavy atom. The van der Waals surface area contributed by atoms with E-state index in [1.807, 2.05) is 27.0 Å². The highest BCUT2D eigenvalue weighted by Gasteiger charge is 2.18. The Labute approximate surface area is 126 Å². The highest BCUT2D eigenvalue weighted by atomic mass is 16.5. The van der Waals surface area contributed by atoms with Crippen LogP contribution in [0.3, 0.4) is 0 Å². The Balaban J connectivity index is 2.55. The summed E-state index contributed by atoms with van der Waals surface area (Å²) in [5, 5.41) is 4.15. The molecule has 1 heterocycles. The van der Waals surface area contributed by atoms with Crippen molar-refractivity contribution in [3.05, 3.63) is 18.0 Å². The summed E-state index contributed by atoms with van der Waals surface area (Å²) in [6, 6.07) is 0. The van der Waals surface area contributed by atoms with E-state index in [0.29, 0.717) is 32.0 Å².